The van der Waals surface area contributed by atoms with Gasteiger partial charge in [0, 0.05) is 6.42 Å². The van der Waals surface area contributed by atoms with Crippen LogP contribution in [0.4, 0.5) is 0 Å². The maximum Gasteiger partial charge on any atom is 0.117 e. The Labute approximate surface area is 91.1 Å². The second-order valence-corrected chi connectivity index (χ2v) is 3.29. The molecule has 0 bridgehead atoms. The third-order valence-corrected chi connectivity index (χ3v) is 2.10. The van der Waals surface area contributed by atoms with Gasteiger partial charge in [-0.25, -0.2) is 0 Å². The second-order valence-electron chi connectivity index (χ2n) is 3.29. The van der Waals surface area contributed by atoms with E-state index in [4.69, 9.17) is 9.15 Å². The minimum atomic E-state index is 0.717. The number of ether oxygens (including phenoxy) is 1. The third kappa shape index (κ3) is 4.70. The van der Waals surface area contributed by atoms with E-state index >= 15 is 0 Å². The molecule has 0 amide bonds. The van der Waals surface area contributed by atoms with Gasteiger partial charge in [-0.2, -0.15) is 0 Å². The maximum absolute atomic E-state index is 5.55. The van der Waals surface area contributed by atoms with Crippen LogP contribution in [0.3, 0.4) is 0 Å². The van der Waals surface area contributed by atoms with Crippen LogP contribution < -0.4 is 5.32 Å². The van der Waals surface area contributed by atoms with Crippen LogP contribution in [-0.4, -0.2) is 13.2 Å². The highest BCUT2D eigenvalue weighted by atomic mass is 16.5. The molecule has 3 heteroatoms. The summed E-state index contributed by atoms with van der Waals surface area (Å²) < 4.78 is 10.6. The molecule has 0 aliphatic rings. The van der Waals surface area contributed by atoms with Crippen molar-refractivity contribution in [2.24, 2.45) is 0 Å². The minimum Gasteiger partial charge on any atom is -0.502 e. The van der Waals surface area contributed by atoms with E-state index in [0.717, 1.165) is 44.1 Å². The van der Waals surface area contributed by atoms with E-state index in [2.05, 4.69) is 18.8 Å². The molecule has 15 heavy (non-hydrogen) atoms. The van der Waals surface area contributed by atoms with Gasteiger partial charge >= 0.3 is 0 Å². The number of furan rings is 1. The lowest BCUT2D eigenvalue weighted by Crippen LogP contribution is -2.15. The molecule has 84 valence electrons. The predicted octanol–water partition coefficient (Wildman–Crippen LogP) is 2.48. The molecule has 0 aromatic carbocycles. The highest BCUT2D eigenvalue weighted by Crippen LogP contribution is 2.07. The summed E-state index contributed by atoms with van der Waals surface area (Å²) in [5, 5.41) is 3.29. The Morgan fingerprint density at radius 1 is 1.47 bits per heavy atom. The normalized spacial score (nSPS) is 10.2. The first kappa shape index (κ1) is 11.9. The predicted molar refractivity (Wildman–Crippen MR) is 60.6 cm³/mol. The molecule has 1 rings (SSSR count). The first-order valence-corrected chi connectivity index (χ1v) is 5.37. The van der Waals surface area contributed by atoms with Crippen LogP contribution in [0, 0.1) is 0 Å². The molecule has 1 aromatic heterocycles. The maximum atomic E-state index is 5.55. The van der Waals surface area contributed by atoms with Crippen molar-refractivity contribution in [2.45, 2.75) is 26.3 Å². The summed E-state index contributed by atoms with van der Waals surface area (Å²) in [5.41, 5.74) is 0. The summed E-state index contributed by atoms with van der Waals surface area (Å²) in [6.45, 7) is 8.00. The lowest BCUT2D eigenvalue weighted by molar-refractivity contribution is 0.244. The Morgan fingerprint density at radius 3 is 2.93 bits per heavy atom. The smallest absolute Gasteiger partial charge is 0.117 e. The summed E-state index contributed by atoms with van der Waals surface area (Å²) in [5.74, 6) is 2.04. The van der Waals surface area contributed by atoms with Crippen molar-refractivity contribution in [2.75, 3.05) is 13.2 Å². The van der Waals surface area contributed by atoms with Gasteiger partial charge in [-0.05, 0) is 25.1 Å². The van der Waals surface area contributed by atoms with Crippen LogP contribution in [0.5, 0.6) is 0 Å². The molecule has 0 saturated heterocycles. The van der Waals surface area contributed by atoms with Crippen molar-refractivity contribution in [1.29, 1.82) is 0 Å². The quantitative estimate of drug-likeness (QED) is 0.527. The fraction of sp³-hybridized carbons (Fsp3) is 0.500. The molecule has 0 aliphatic carbocycles. The standard InChI is InChI=1S/C12H19NO2/c1-3-11-6-7-12(15-11)10-13-8-5-9-14-4-2/h4,6-7,13H,2-3,5,8-10H2,1H3. The SMILES string of the molecule is C=COCCCNCc1ccc(CC)o1. The van der Waals surface area contributed by atoms with Gasteiger partial charge in [0.05, 0.1) is 19.4 Å². The van der Waals surface area contributed by atoms with E-state index in [1.807, 2.05) is 12.1 Å². The first-order chi connectivity index (χ1) is 7.36. The van der Waals surface area contributed by atoms with Gasteiger partial charge in [-0.3, -0.25) is 0 Å². The highest BCUT2D eigenvalue weighted by molar-refractivity contribution is 5.06. The van der Waals surface area contributed by atoms with Crippen molar-refractivity contribution in [1.82, 2.24) is 5.32 Å². The molecule has 0 spiro atoms. The van der Waals surface area contributed by atoms with Gasteiger partial charge in [0.2, 0.25) is 0 Å². The van der Waals surface area contributed by atoms with Gasteiger partial charge in [0.1, 0.15) is 11.5 Å². The topological polar surface area (TPSA) is 34.4 Å². The average Bonchev–Trinajstić information content (AvgIpc) is 2.71. The molecule has 0 aliphatic heterocycles. The number of hydrogen-bond donors (Lipinski definition) is 1. The van der Waals surface area contributed by atoms with Crippen LogP contribution in [-0.2, 0) is 17.7 Å². The Balaban J connectivity index is 2.06. The molecule has 1 heterocycles. The first-order valence-electron chi connectivity index (χ1n) is 5.37. The second kappa shape index (κ2) is 7.12. The van der Waals surface area contributed by atoms with Crippen LogP contribution in [0.25, 0.3) is 0 Å². The largest absolute Gasteiger partial charge is 0.502 e. The summed E-state index contributed by atoms with van der Waals surface area (Å²) >= 11 is 0. The van der Waals surface area contributed by atoms with Crippen molar-refractivity contribution >= 4 is 0 Å². The van der Waals surface area contributed by atoms with E-state index in [0.29, 0.717) is 0 Å². The molecule has 1 N–H and O–H groups in total. The minimum absolute atomic E-state index is 0.717. The number of aryl methyl sites for hydroxylation is 1. The van der Waals surface area contributed by atoms with Gasteiger partial charge in [0.15, 0.2) is 0 Å². The molecule has 1 aromatic rings. The van der Waals surface area contributed by atoms with E-state index in [-0.39, 0.29) is 0 Å². The zero-order chi connectivity index (χ0) is 10.9. The van der Waals surface area contributed by atoms with E-state index in [9.17, 15) is 0 Å². The van der Waals surface area contributed by atoms with Crippen molar-refractivity contribution in [3.63, 3.8) is 0 Å². The van der Waals surface area contributed by atoms with Gasteiger partial charge in [0.25, 0.3) is 0 Å². The summed E-state index contributed by atoms with van der Waals surface area (Å²) in [6.07, 6.45) is 3.40. The monoisotopic (exact) mass is 209 g/mol. The molecule has 0 saturated carbocycles. The third-order valence-electron chi connectivity index (χ3n) is 2.10. The van der Waals surface area contributed by atoms with Crippen LogP contribution in [0.2, 0.25) is 0 Å². The zero-order valence-corrected chi connectivity index (χ0v) is 9.29. The molecule has 0 fully saturated rings. The molecule has 0 unspecified atom stereocenters. The van der Waals surface area contributed by atoms with Crippen LogP contribution >= 0.6 is 0 Å². The molecule has 0 atom stereocenters. The average molecular weight is 209 g/mol. The molecule has 0 radical (unpaired) electrons. The lowest BCUT2D eigenvalue weighted by atomic mass is 10.3. The Kier molecular flexibility index (Phi) is 5.63. The number of nitrogens with one attached hydrogen (secondary N) is 1. The zero-order valence-electron chi connectivity index (χ0n) is 9.29. The van der Waals surface area contributed by atoms with E-state index < -0.39 is 0 Å². The summed E-state index contributed by atoms with van der Waals surface area (Å²) in [7, 11) is 0. The number of rotatable bonds is 8. The van der Waals surface area contributed by atoms with Crippen LogP contribution in [0.1, 0.15) is 24.9 Å². The molecule has 3 nitrogen and oxygen atoms in total. The van der Waals surface area contributed by atoms with Gasteiger partial charge in [-0.15, -0.1) is 0 Å². The number of hydrogen-bond acceptors (Lipinski definition) is 3. The lowest BCUT2D eigenvalue weighted by Gasteiger charge is -2.02. The fourth-order valence-electron chi connectivity index (χ4n) is 1.28. The van der Waals surface area contributed by atoms with Crippen molar-refractivity contribution < 1.29 is 9.15 Å². The Bertz CT molecular complexity index is 281. The molecular formula is C12H19NO2. The van der Waals surface area contributed by atoms with Crippen molar-refractivity contribution in [3.05, 3.63) is 36.5 Å². The highest BCUT2D eigenvalue weighted by Gasteiger charge is 1.98. The van der Waals surface area contributed by atoms with Gasteiger partial charge < -0.3 is 14.5 Å². The summed E-state index contributed by atoms with van der Waals surface area (Å²) in [4.78, 5) is 0. The fourth-order valence-corrected chi connectivity index (χ4v) is 1.28. The van der Waals surface area contributed by atoms with E-state index in [1.54, 1.807) is 0 Å². The molecular weight excluding hydrogens is 190 g/mol. The Morgan fingerprint density at radius 2 is 2.27 bits per heavy atom. The van der Waals surface area contributed by atoms with E-state index in [1.165, 1.54) is 6.26 Å². The Hall–Kier alpha value is -1.22. The van der Waals surface area contributed by atoms with Crippen molar-refractivity contribution in [3.8, 4) is 0 Å². The van der Waals surface area contributed by atoms with Crippen LogP contribution in [0.15, 0.2) is 29.4 Å². The summed E-state index contributed by atoms with van der Waals surface area (Å²) in [6, 6.07) is 4.05. The van der Waals surface area contributed by atoms with Gasteiger partial charge in [-0.1, -0.05) is 13.5 Å².